The van der Waals surface area contributed by atoms with Crippen LogP contribution in [0.4, 0.5) is 0 Å². The molecule has 0 amide bonds. The van der Waals surface area contributed by atoms with Gasteiger partial charge in [0.1, 0.15) is 4.60 Å². The molecule has 1 N–H and O–H groups in total. The van der Waals surface area contributed by atoms with E-state index in [1.165, 1.54) is 0 Å². The van der Waals surface area contributed by atoms with Crippen LogP contribution in [0.3, 0.4) is 0 Å². The molecule has 1 aliphatic carbocycles. The van der Waals surface area contributed by atoms with Gasteiger partial charge in [-0.3, -0.25) is 4.79 Å². The minimum atomic E-state index is -0.350. The third-order valence-electron chi connectivity index (χ3n) is 3.93. The summed E-state index contributed by atoms with van der Waals surface area (Å²) in [7, 11) is 0. The molecule has 0 spiro atoms. The Balaban J connectivity index is 2.20. The summed E-state index contributed by atoms with van der Waals surface area (Å²) >= 11 is 3.36. The molecule has 1 aromatic rings. The predicted molar refractivity (Wildman–Crippen MR) is 82.0 cm³/mol. The fourth-order valence-corrected chi connectivity index (χ4v) is 3.37. The fraction of sp³-hybridized carbons (Fsp3) is 0.312. The largest absolute Gasteiger partial charge is 0.361 e. The molecule has 0 radical (unpaired) electrons. The quantitative estimate of drug-likeness (QED) is 0.794. The first-order chi connectivity index (χ1) is 10.1. The zero-order valence-electron chi connectivity index (χ0n) is 11.6. The molecule has 1 aliphatic heterocycles. The van der Waals surface area contributed by atoms with Gasteiger partial charge in [-0.15, -0.1) is 0 Å². The van der Waals surface area contributed by atoms with E-state index in [4.69, 9.17) is 0 Å². The Labute approximate surface area is 131 Å². The van der Waals surface area contributed by atoms with Gasteiger partial charge >= 0.3 is 0 Å². The molecule has 5 heteroatoms. The summed E-state index contributed by atoms with van der Waals surface area (Å²) in [5.41, 5.74) is 3.81. The number of nitrogens with one attached hydrogen (secondary N) is 1. The summed E-state index contributed by atoms with van der Waals surface area (Å²) in [6.45, 7) is 1.88. The first-order valence-electron chi connectivity index (χ1n) is 6.88. The number of aromatic nitrogens is 1. The maximum Gasteiger partial charge on any atom is 0.161 e. The Hall–Kier alpha value is -1.93. The molecule has 1 aromatic heterocycles. The molecule has 2 aliphatic rings. The molecule has 0 saturated carbocycles. The number of pyridine rings is 1. The van der Waals surface area contributed by atoms with Crippen LogP contribution in [0.25, 0.3) is 0 Å². The second-order valence-electron chi connectivity index (χ2n) is 5.26. The van der Waals surface area contributed by atoms with Crippen molar-refractivity contribution in [2.24, 2.45) is 0 Å². The molecule has 106 valence electrons. The van der Waals surface area contributed by atoms with Gasteiger partial charge in [0.05, 0.1) is 23.3 Å². The van der Waals surface area contributed by atoms with E-state index >= 15 is 0 Å². The van der Waals surface area contributed by atoms with Gasteiger partial charge in [0.15, 0.2) is 5.78 Å². The second-order valence-corrected chi connectivity index (χ2v) is 6.08. The summed E-state index contributed by atoms with van der Waals surface area (Å²) in [4.78, 5) is 16.9. The zero-order chi connectivity index (χ0) is 15.0. The first kappa shape index (κ1) is 14.0. The third-order valence-corrected chi connectivity index (χ3v) is 4.37. The van der Waals surface area contributed by atoms with Crippen LogP contribution in [0.5, 0.6) is 0 Å². The number of carbonyl (C=O) groups is 1. The number of dihydropyridines is 1. The van der Waals surface area contributed by atoms with Crippen molar-refractivity contribution in [1.82, 2.24) is 10.3 Å². The average Bonchev–Trinajstić information content (AvgIpc) is 2.46. The van der Waals surface area contributed by atoms with Crippen LogP contribution in [0.15, 0.2) is 45.3 Å². The second kappa shape index (κ2) is 5.45. The standard InChI is InChI=1S/C16H14BrN3O/c1-9-10(8-18)15(11-5-3-7-14(17)20-11)16-12(19-9)4-2-6-13(16)21/h3,5,7,15,19H,2,4,6H2,1H3/t15-/m0/s1. The van der Waals surface area contributed by atoms with Gasteiger partial charge in [-0.25, -0.2) is 4.98 Å². The van der Waals surface area contributed by atoms with Crippen LogP contribution in [-0.2, 0) is 4.79 Å². The highest BCUT2D eigenvalue weighted by atomic mass is 79.9. The lowest BCUT2D eigenvalue weighted by Gasteiger charge is -2.32. The molecule has 0 fully saturated rings. The number of allylic oxidation sites excluding steroid dienone is 4. The van der Waals surface area contributed by atoms with Gasteiger partial charge in [0.2, 0.25) is 0 Å². The van der Waals surface area contributed by atoms with E-state index in [9.17, 15) is 10.1 Å². The Morgan fingerprint density at radius 1 is 1.43 bits per heavy atom. The number of carbonyl (C=O) groups excluding carboxylic acids is 1. The molecular weight excluding hydrogens is 330 g/mol. The van der Waals surface area contributed by atoms with E-state index < -0.39 is 0 Å². The average molecular weight is 344 g/mol. The lowest BCUT2D eigenvalue weighted by atomic mass is 9.77. The van der Waals surface area contributed by atoms with Crippen molar-refractivity contribution in [3.05, 3.63) is 51.0 Å². The van der Waals surface area contributed by atoms with E-state index in [0.29, 0.717) is 22.2 Å². The number of nitriles is 1. The van der Waals surface area contributed by atoms with Gasteiger partial charge in [-0.1, -0.05) is 6.07 Å². The van der Waals surface area contributed by atoms with E-state index in [1.54, 1.807) is 0 Å². The van der Waals surface area contributed by atoms with Crippen LogP contribution >= 0.6 is 15.9 Å². The highest BCUT2D eigenvalue weighted by molar-refractivity contribution is 9.10. The van der Waals surface area contributed by atoms with Gasteiger partial charge < -0.3 is 5.32 Å². The first-order valence-corrected chi connectivity index (χ1v) is 7.67. The highest BCUT2D eigenvalue weighted by Gasteiger charge is 2.36. The van der Waals surface area contributed by atoms with Crippen molar-refractivity contribution in [3.63, 3.8) is 0 Å². The van der Waals surface area contributed by atoms with E-state index in [1.807, 2.05) is 25.1 Å². The van der Waals surface area contributed by atoms with Crippen molar-refractivity contribution < 1.29 is 4.79 Å². The number of nitrogens with zero attached hydrogens (tertiary/aromatic N) is 2. The third kappa shape index (κ3) is 2.40. The van der Waals surface area contributed by atoms with Crippen LogP contribution < -0.4 is 5.32 Å². The molecule has 21 heavy (non-hydrogen) atoms. The topological polar surface area (TPSA) is 65.8 Å². The van der Waals surface area contributed by atoms with E-state index in [-0.39, 0.29) is 11.7 Å². The summed E-state index contributed by atoms with van der Waals surface area (Å²) < 4.78 is 0.707. The van der Waals surface area contributed by atoms with Crippen LogP contribution in [-0.4, -0.2) is 10.8 Å². The summed E-state index contributed by atoms with van der Waals surface area (Å²) in [5, 5.41) is 12.8. The van der Waals surface area contributed by atoms with Crippen molar-refractivity contribution in [3.8, 4) is 6.07 Å². The van der Waals surface area contributed by atoms with Gasteiger partial charge in [-0.2, -0.15) is 5.26 Å². The minimum absolute atomic E-state index is 0.121. The van der Waals surface area contributed by atoms with Gasteiger partial charge in [-0.05, 0) is 47.8 Å². The molecule has 2 heterocycles. The molecule has 1 atom stereocenters. The van der Waals surface area contributed by atoms with Crippen LogP contribution in [0.2, 0.25) is 0 Å². The van der Waals surface area contributed by atoms with E-state index in [0.717, 1.165) is 29.9 Å². The predicted octanol–water partition coefficient (Wildman–Crippen LogP) is 3.34. The van der Waals surface area contributed by atoms with Crippen molar-refractivity contribution >= 4 is 21.7 Å². The number of hydrogen-bond acceptors (Lipinski definition) is 4. The fourth-order valence-electron chi connectivity index (χ4n) is 3.01. The molecular formula is C16H14BrN3O. The van der Waals surface area contributed by atoms with Gasteiger partial charge in [0.25, 0.3) is 0 Å². The van der Waals surface area contributed by atoms with Crippen molar-refractivity contribution in [1.29, 1.82) is 5.26 Å². The SMILES string of the molecule is CC1=C(C#N)[C@@H](c2cccc(Br)n2)C2=C(CCCC2=O)N1. The van der Waals surface area contributed by atoms with E-state index in [2.05, 4.69) is 32.3 Å². The Morgan fingerprint density at radius 3 is 2.95 bits per heavy atom. The number of halogens is 1. The molecule has 0 unspecified atom stereocenters. The Kier molecular flexibility index (Phi) is 3.64. The van der Waals surface area contributed by atoms with Crippen LogP contribution in [0, 0.1) is 11.3 Å². The number of Topliss-reactive ketones (excluding diaryl/α,β-unsaturated/α-hetero) is 1. The van der Waals surface area contributed by atoms with Crippen molar-refractivity contribution in [2.75, 3.05) is 0 Å². The molecule has 3 rings (SSSR count). The summed E-state index contributed by atoms with van der Waals surface area (Å²) in [6.07, 6.45) is 2.25. The van der Waals surface area contributed by atoms with Crippen LogP contribution in [0.1, 0.15) is 37.8 Å². The summed E-state index contributed by atoms with van der Waals surface area (Å²) in [5.74, 6) is -0.229. The lowest BCUT2D eigenvalue weighted by Crippen LogP contribution is -2.31. The maximum atomic E-state index is 12.4. The lowest BCUT2D eigenvalue weighted by molar-refractivity contribution is -0.116. The minimum Gasteiger partial charge on any atom is -0.361 e. The normalized spacial score (nSPS) is 21.8. The van der Waals surface area contributed by atoms with Crippen molar-refractivity contribution in [2.45, 2.75) is 32.1 Å². The molecule has 0 saturated heterocycles. The molecule has 0 bridgehead atoms. The monoisotopic (exact) mass is 343 g/mol. The molecule has 0 aromatic carbocycles. The zero-order valence-corrected chi connectivity index (χ0v) is 13.2. The Morgan fingerprint density at radius 2 is 2.24 bits per heavy atom. The highest BCUT2D eigenvalue weighted by Crippen LogP contribution is 2.41. The number of ketones is 1. The number of hydrogen-bond donors (Lipinski definition) is 1. The summed E-state index contributed by atoms with van der Waals surface area (Å²) in [6, 6.07) is 7.84. The smallest absolute Gasteiger partial charge is 0.161 e. The number of rotatable bonds is 1. The maximum absolute atomic E-state index is 12.4. The van der Waals surface area contributed by atoms with Gasteiger partial charge in [0, 0.05) is 23.4 Å². The molecule has 4 nitrogen and oxygen atoms in total. The Bertz CT molecular complexity index is 727.